The van der Waals surface area contributed by atoms with E-state index in [-0.39, 0.29) is 17.9 Å². The van der Waals surface area contributed by atoms with Crippen molar-refractivity contribution in [2.75, 3.05) is 12.4 Å². The summed E-state index contributed by atoms with van der Waals surface area (Å²) in [6.07, 6.45) is 4.26. The van der Waals surface area contributed by atoms with Gasteiger partial charge in [0.25, 0.3) is 5.91 Å². The minimum atomic E-state index is -1.06. The van der Waals surface area contributed by atoms with Gasteiger partial charge >= 0.3 is 0 Å². The predicted octanol–water partition coefficient (Wildman–Crippen LogP) is 2.89. The standard InChI is InChI=1S/C24H27N5O3S/c1-29(15-30)23(32)24(25)10-6-17(7-11-24)28-22(31)21-20(9-13-33-21)27-14-16-8-12-26-19-5-3-2-4-18(16)19/h2-5,8-9,12-13,15,17,27H,6-7,10-11,14,25H2,1H3,(H,28,31). The third-order valence-corrected chi connectivity index (χ3v) is 7.11. The number of nitrogens with two attached hydrogens (primary N) is 1. The smallest absolute Gasteiger partial charge is 0.263 e. The molecule has 1 aliphatic carbocycles. The molecular weight excluding hydrogens is 438 g/mol. The van der Waals surface area contributed by atoms with Gasteiger partial charge in [-0.15, -0.1) is 11.3 Å². The Kier molecular flexibility index (Phi) is 6.71. The zero-order valence-corrected chi connectivity index (χ0v) is 19.2. The number of anilines is 1. The number of fused-ring (bicyclic) bond motifs is 1. The first-order valence-electron chi connectivity index (χ1n) is 10.9. The SMILES string of the molecule is CN(C=O)C(=O)C1(N)CCC(NC(=O)c2sccc2NCc2ccnc3ccccc23)CC1. The zero-order chi connectivity index (χ0) is 23.4. The fourth-order valence-electron chi connectivity index (χ4n) is 4.27. The Hall–Kier alpha value is -3.30. The van der Waals surface area contributed by atoms with Gasteiger partial charge in [0.1, 0.15) is 4.88 Å². The fourth-order valence-corrected chi connectivity index (χ4v) is 5.04. The van der Waals surface area contributed by atoms with E-state index in [4.69, 9.17) is 5.73 Å². The maximum absolute atomic E-state index is 13.0. The van der Waals surface area contributed by atoms with Crippen molar-refractivity contribution in [3.05, 3.63) is 58.4 Å². The van der Waals surface area contributed by atoms with E-state index < -0.39 is 5.54 Å². The van der Waals surface area contributed by atoms with E-state index in [0.717, 1.165) is 27.1 Å². The number of amides is 3. The molecule has 33 heavy (non-hydrogen) atoms. The molecule has 0 atom stereocenters. The van der Waals surface area contributed by atoms with Crippen LogP contribution < -0.4 is 16.4 Å². The molecule has 0 radical (unpaired) electrons. The van der Waals surface area contributed by atoms with E-state index >= 15 is 0 Å². The molecule has 9 heteroatoms. The van der Waals surface area contributed by atoms with Gasteiger partial charge in [-0.25, -0.2) is 0 Å². The lowest BCUT2D eigenvalue weighted by atomic mass is 9.79. The number of hydrogen-bond acceptors (Lipinski definition) is 7. The average Bonchev–Trinajstić information content (AvgIpc) is 3.32. The lowest BCUT2D eigenvalue weighted by molar-refractivity contribution is -0.142. The highest BCUT2D eigenvalue weighted by molar-refractivity contribution is 7.12. The van der Waals surface area contributed by atoms with Crippen LogP contribution in [-0.2, 0) is 16.1 Å². The molecular formula is C24H27N5O3S. The monoisotopic (exact) mass is 465 g/mol. The summed E-state index contributed by atoms with van der Waals surface area (Å²) in [6.45, 7) is 0.575. The number of para-hydroxylation sites is 1. The van der Waals surface area contributed by atoms with Crippen LogP contribution in [0.5, 0.6) is 0 Å². The summed E-state index contributed by atoms with van der Waals surface area (Å²) in [5.74, 6) is -0.520. The highest BCUT2D eigenvalue weighted by Gasteiger charge is 2.40. The molecule has 0 unspecified atom stereocenters. The first kappa shape index (κ1) is 22.9. The van der Waals surface area contributed by atoms with Gasteiger partial charge in [0.15, 0.2) is 0 Å². The third kappa shape index (κ3) is 4.89. The van der Waals surface area contributed by atoms with Crippen LogP contribution in [0, 0.1) is 0 Å². The second-order valence-corrected chi connectivity index (χ2v) is 9.35. The molecule has 0 bridgehead atoms. The molecule has 1 fully saturated rings. The van der Waals surface area contributed by atoms with Crippen LogP contribution in [0.3, 0.4) is 0 Å². The number of aromatic nitrogens is 1. The minimum absolute atomic E-state index is 0.0670. The van der Waals surface area contributed by atoms with E-state index in [9.17, 15) is 14.4 Å². The summed E-state index contributed by atoms with van der Waals surface area (Å²) < 4.78 is 0. The van der Waals surface area contributed by atoms with Crippen molar-refractivity contribution in [2.24, 2.45) is 5.73 Å². The Morgan fingerprint density at radius 2 is 2.00 bits per heavy atom. The van der Waals surface area contributed by atoms with Gasteiger partial charge in [0.2, 0.25) is 12.3 Å². The van der Waals surface area contributed by atoms with Crippen LogP contribution in [0.2, 0.25) is 0 Å². The van der Waals surface area contributed by atoms with Gasteiger partial charge < -0.3 is 16.4 Å². The summed E-state index contributed by atoms with van der Waals surface area (Å²) in [4.78, 5) is 42.2. The summed E-state index contributed by atoms with van der Waals surface area (Å²) in [5, 5.41) is 9.44. The lowest BCUT2D eigenvalue weighted by Gasteiger charge is -2.37. The number of rotatable bonds is 7. The fraction of sp³-hybridized carbons (Fsp3) is 0.333. The third-order valence-electron chi connectivity index (χ3n) is 6.20. The Labute approximate surface area is 196 Å². The number of likely N-dealkylation sites (N-methyl/N-ethyl adjacent to an activating group) is 1. The normalized spacial score (nSPS) is 20.2. The number of imide groups is 1. The molecule has 4 N–H and O–H groups in total. The van der Waals surface area contributed by atoms with E-state index in [0.29, 0.717) is 43.5 Å². The molecule has 2 heterocycles. The Bertz CT molecular complexity index is 1160. The second kappa shape index (κ2) is 9.68. The topological polar surface area (TPSA) is 117 Å². The molecule has 0 aliphatic heterocycles. The molecule has 3 amide bonds. The minimum Gasteiger partial charge on any atom is -0.380 e. The summed E-state index contributed by atoms with van der Waals surface area (Å²) in [7, 11) is 1.41. The highest BCUT2D eigenvalue weighted by Crippen LogP contribution is 2.29. The summed E-state index contributed by atoms with van der Waals surface area (Å²) >= 11 is 1.39. The highest BCUT2D eigenvalue weighted by atomic mass is 32.1. The van der Waals surface area contributed by atoms with Crippen molar-refractivity contribution < 1.29 is 14.4 Å². The molecule has 1 aromatic carbocycles. The number of hydrogen-bond donors (Lipinski definition) is 3. The van der Waals surface area contributed by atoms with Crippen LogP contribution in [0.15, 0.2) is 48.0 Å². The van der Waals surface area contributed by atoms with E-state index in [1.165, 1.54) is 18.4 Å². The van der Waals surface area contributed by atoms with Gasteiger partial charge in [0, 0.05) is 31.2 Å². The molecule has 8 nitrogen and oxygen atoms in total. The van der Waals surface area contributed by atoms with E-state index in [2.05, 4.69) is 15.6 Å². The Morgan fingerprint density at radius 1 is 1.24 bits per heavy atom. The van der Waals surface area contributed by atoms with Crippen molar-refractivity contribution in [3.63, 3.8) is 0 Å². The van der Waals surface area contributed by atoms with Gasteiger partial charge in [-0.3, -0.25) is 24.3 Å². The summed E-state index contributed by atoms with van der Waals surface area (Å²) in [5.41, 5.74) is 8.02. The first-order chi connectivity index (χ1) is 15.9. The van der Waals surface area contributed by atoms with Gasteiger partial charge in [-0.2, -0.15) is 0 Å². The zero-order valence-electron chi connectivity index (χ0n) is 18.4. The molecule has 1 aliphatic rings. The quantitative estimate of drug-likeness (QED) is 0.462. The molecule has 2 aromatic heterocycles. The molecule has 0 spiro atoms. The largest absolute Gasteiger partial charge is 0.380 e. The van der Waals surface area contributed by atoms with Gasteiger partial charge in [-0.1, -0.05) is 18.2 Å². The van der Waals surface area contributed by atoms with Crippen LogP contribution in [0.25, 0.3) is 10.9 Å². The average molecular weight is 466 g/mol. The molecule has 4 rings (SSSR count). The molecule has 172 valence electrons. The van der Waals surface area contributed by atoms with Crippen LogP contribution >= 0.6 is 11.3 Å². The number of nitrogens with zero attached hydrogens (tertiary/aromatic N) is 2. The van der Waals surface area contributed by atoms with Gasteiger partial charge in [0.05, 0.1) is 16.7 Å². The Morgan fingerprint density at radius 3 is 2.76 bits per heavy atom. The number of carbonyl (C=O) groups is 3. The first-order valence-corrected chi connectivity index (χ1v) is 11.8. The molecule has 0 saturated heterocycles. The van der Waals surface area contributed by atoms with Crippen molar-refractivity contribution in [3.8, 4) is 0 Å². The predicted molar refractivity (Wildman–Crippen MR) is 129 cm³/mol. The number of nitrogens with one attached hydrogen (secondary N) is 2. The van der Waals surface area contributed by atoms with Gasteiger partial charge in [-0.05, 0) is 54.8 Å². The number of benzene rings is 1. The van der Waals surface area contributed by atoms with Crippen molar-refractivity contribution in [2.45, 2.75) is 43.8 Å². The van der Waals surface area contributed by atoms with Crippen LogP contribution in [0.4, 0.5) is 5.69 Å². The van der Waals surface area contributed by atoms with Crippen molar-refractivity contribution >= 4 is 46.2 Å². The molecule has 1 saturated carbocycles. The molecule has 3 aromatic rings. The maximum Gasteiger partial charge on any atom is 0.263 e. The summed E-state index contributed by atoms with van der Waals surface area (Å²) in [6, 6.07) is 11.8. The van der Waals surface area contributed by atoms with E-state index in [1.807, 2.05) is 41.8 Å². The maximum atomic E-state index is 13.0. The second-order valence-electron chi connectivity index (χ2n) is 8.43. The van der Waals surface area contributed by atoms with Crippen LogP contribution in [0.1, 0.15) is 40.9 Å². The van der Waals surface area contributed by atoms with E-state index in [1.54, 1.807) is 6.20 Å². The Balaban J connectivity index is 1.37. The van der Waals surface area contributed by atoms with Crippen molar-refractivity contribution in [1.82, 2.24) is 15.2 Å². The number of thiophene rings is 1. The van der Waals surface area contributed by atoms with Crippen molar-refractivity contribution in [1.29, 1.82) is 0 Å². The number of pyridine rings is 1. The lowest BCUT2D eigenvalue weighted by Crippen LogP contribution is -2.57. The number of carbonyl (C=O) groups excluding carboxylic acids is 3. The van der Waals surface area contributed by atoms with Crippen LogP contribution in [-0.4, -0.2) is 46.7 Å².